The van der Waals surface area contributed by atoms with E-state index in [1.54, 1.807) is 10.7 Å². The molecule has 2 aromatic rings. The van der Waals surface area contributed by atoms with Crippen molar-refractivity contribution in [2.24, 2.45) is 0 Å². The smallest absolute Gasteiger partial charge is 0.267 e. The summed E-state index contributed by atoms with van der Waals surface area (Å²) in [6.07, 6.45) is 0. The summed E-state index contributed by atoms with van der Waals surface area (Å²) in [5.41, 5.74) is 3.16. The molecule has 1 aromatic heterocycles. The number of aromatic amines is 1. The molecule has 0 aliphatic rings. The van der Waals surface area contributed by atoms with Gasteiger partial charge in [-0.1, -0.05) is 29.8 Å². The normalized spacial score (nSPS) is 10.5. The first kappa shape index (κ1) is 9.77. The summed E-state index contributed by atoms with van der Waals surface area (Å²) in [6, 6.07) is 9.74. The van der Waals surface area contributed by atoms with Gasteiger partial charge in [0.15, 0.2) is 0 Å². The topological polar surface area (TPSA) is 37.8 Å². The van der Waals surface area contributed by atoms with Gasteiger partial charge in [-0.15, -0.1) is 0 Å². The summed E-state index contributed by atoms with van der Waals surface area (Å²) in [5, 5.41) is 3.07. The third kappa shape index (κ3) is 1.86. The molecule has 0 bridgehead atoms. The molecule has 0 saturated carbocycles. The van der Waals surface area contributed by atoms with Crippen LogP contribution in [0.25, 0.3) is 11.3 Å². The van der Waals surface area contributed by atoms with Crippen LogP contribution < -0.4 is 5.56 Å². The summed E-state index contributed by atoms with van der Waals surface area (Å²) < 4.78 is 1.59. The van der Waals surface area contributed by atoms with Gasteiger partial charge in [0.2, 0.25) is 0 Å². The van der Waals surface area contributed by atoms with Crippen LogP contribution in [-0.4, -0.2) is 9.78 Å². The zero-order chi connectivity index (χ0) is 10.8. The van der Waals surface area contributed by atoms with Crippen molar-refractivity contribution in [1.29, 1.82) is 0 Å². The molecule has 0 amide bonds. The molecule has 2 rings (SSSR count). The van der Waals surface area contributed by atoms with E-state index in [1.165, 1.54) is 5.56 Å². The molecule has 1 aromatic carbocycles. The number of nitrogens with one attached hydrogen (secondary N) is 1. The number of hydrogen-bond acceptors (Lipinski definition) is 1. The lowest BCUT2D eigenvalue weighted by molar-refractivity contribution is 0.640. The monoisotopic (exact) mass is 202 g/mol. The van der Waals surface area contributed by atoms with Gasteiger partial charge in [-0.2, -0.15) is 0 Å². The molecule has 0 saturated heterocycles. The number of nitrogens with zero attached hydrogens (tertiary/aromatic N) is 1. The Balaban J connectivity index is 2.45. The Morgan fingerprint density at radius 3 is 2.47 bits per heavy atom. The van der Waals surface area contributed by atoms with E-state index >= 15 is 0 Å². The lowest BCUT2D eigenvalue weighted by Crippen LogP contribution is -2.13. The van der Waals surface area contributed by atoms with Crippen LogP contribution in [0.2, 0.25) is 0 Å². The molecular formula is C12H14N2O. The molecule has 0 aliphatic carbocycles. The van der Waals surface area contributed by atoms with E-state index in [0.717, 1.165) is 11.3 Å². The highest BCUT2D eigenvalue weighted by molar-refractivity contribution is 5.58. The minimum atomic E-state index is 0.0214. The first-order chi connectivity index (χ1) is 7.20. The van der Waals surface area contributed by atoms with Gasteiger partial charge >= 0.3 is 0 Å². The first-order valence-corrected chi connectivity index (χ1v) is 5.07. The molecule has 3 heteroatoms. The largest absolute Gasteiger partial charge is 0.295 e. The van der Waals surface area contributed by atoms with Gasteiger partial charge in [0.1, 0.15) is 0 Å². The molecular weight excluding hydrogens is 188 g/mol. The quantitative estimate of drug-likeness (QED) is 0.796. The third-order valence-corrected chi connectivity index (χ3v) is 2.47. The second-order valence-electron chi connectivity index (χ2n) is 3.62. The zero-order valence-electron chi connectivity index (χ0n) is 8.95. The molecule has 78 valence electrons. The molecule has 0 fully saturated rings. The zero-order valence-corrected chi connectivity index (χ0v) is 8.95. The van der Waals surface area contributed by atoms with E-state index in [-0.39, 0.29) is 5.56 Å². The van der Waals surface area contributed by atoms with Crippen molar-refractivity contribution in [2.75, 3.05) is 0 Å². The molecule has 0 spiro atoms. The van der Waals surface area contributed by atoms with E-state index < -0.39 is 0 Å². The number of rotatable bonds is 2. The van der Waals surface area contributed by atoms with Crippen LogP contribution >= 0.6 is 0 Å². The van der Waals surface area contributed by atoms with E-state index in [2.05, 4.69) is 5.10 Å². The van der Waals surface area contributed by atoms with Gasteiger partial charge < -0.3 is 0 Å². The highest BCUT2D eigenvalue weighted by Crippen LogP contribution is 2.15. The van der Waals surface area contributed by atoms with Gasteiger partial charge in [-0.25, -0.2) is 0 Å². The number of hydrogen-bond donors (Lipinski definition) is 1. The van der Waals surface area contributed by atoms with Gasteiger partial charge in [0.05, 0.1) is 5.69 Å². The highest BCUT2D eigenvalue weighted by Gasteiger charge is 2.03. The van der Waals surface area contributed by atoms with Gasteiger partial charge in [-0.3, -0.25) is 14.6 Å². The molecule has 0 aliphatic heterocycles. The number of aryl methyl sites for hydroxylation is 2. The molecule has 15 heavy (non-hydrogen) atoms. The summed E-state index contributed by atoms with van der Waals surface area (Å²) >= 11 is 0. The number of H-pyrrole nitrogens is 1. The summed E-state index contributed by atoms with van der Waals surface area (Å²) in [4.78, 5) is 11.4. The fraction of sp³-hybridized carbons (Fsp3) is 0.250. The summed E-state index contributed by atoms with van der Waals surface area (Å²) in [7, 11) is 0. The molecule has 0 unspecified atom stereocenters. The van der Waals surface area contributed by atoms with Crippen LogP contribution in [0.15, 0.2) is 35.1 Å². The Labute approximate surface area is 88.4 Å². The fourth-order valence-corrected chi connectivity index (χ4v) is 1.55. The molecule has 1 heterocycles. The molecule has 0 radical (unpaired) electrons. The van der Waals surface area contributed by atoms with Crippen molar-refractivity contribution in [2.45, 2.75) is 20.4 Å². The minimum Gasteiger partial charge on any atom is -0.295 e. The van der Waals surface area contributed by atoms with Crippen LogP contribution in [0.4, 0.5) is 0 Å². The molecule has 3 nitrogen and oxygen atoms in total. The van der Waals surface area contributed by atoms with Crippen molar-refractivity contribution in [3.8, 4) is 11.3 Å². The molecule has 0 atom stereocenters. The standard InChI is InChI=1S/C12H14N2O/c1-3-14-12(15)8-11(13-14)10-6-4-9(2)5-7-10/h4-8,13H,3H2,1-2H3. The van der Waals surface area contributed by atoms with Crippen molar-refractivity contribution in [1.82, 2.24) is 9.78 Å². The average molecular weight is 202 g/mol. The predicted octanol–water partition coefficient (Wildman–Crippen LogP) is 2.17. The Kier molecular flexibility index (Phi) is 2.46. The van der Waals surface area contributed by atoms with Crippen LogP contribution in [0, 0.1) is 6.92 Å². The maximum absolute atomic E-state index is 11.4. The van der Waals surface area contributed by atoms with Gasteiger partial charge in [0, 0.05) is 12.6 Å². The second-order valence-corrected chi connectivity index (χ2v) is 3.62. The maximum atomic E-state index is 11.4. The lowest BCUT2D eigenvalue weighted by Gasteiger charge is -1.99. The van der Waals surface area contributed by atoms with Crippen LogP contribution in [0.1, 0.15) is 12.5 Å². The van der Waals surface area contributed by atoms with Crippen LogP contribution in [-0.2, 0) is 6.54 Å². The van der Waals surface area contributed by atoms with E-state index in [4.69, 9.17) is 0 Å². The van der Waals surface area contributed by atoms with Crippen molar-refractivity contribution in [3.05, 3.63) is 46.2 Å². The van der Waals surface area contributed by atoms with Crippen LogP contribution in [0.3, 0.4) is 0 Å². The maximum Gasteiger partial charge on any atom is 0.267 e. The predicted molar refractivity (Wildman–Crippen MR) is 60.9 cm³/mol. The SMILES string of the molecule is CCn1[nH]c(-c2ccc(C)cc2)cc1=O. The van der Waals surface area contributed by atoms with Gasteiger partial charge in [0.25, 0.3) is 5.56 Å². The Morgan fingerprint density at radius 1 is 1.27 bits per heavy atom. The number of benzene rings is 1. The van der Waals surface area contributed by atoms with E-state index in [9.17, 15) is 4.79 Å². The minimum absolute atomic E-state index is 0.0214. The lowest BCUT2D eigenvalue weighted by atomic mass is 10.1. The number of aromatic nitrogens is 2. The Hall–Kier alpha value is -1.77. The third-order valence-electron chi connectivity index (χ3n) is 2.47. The van der Waals surface area contributed by atoms with Crippen molar-refractivity contribution in [3.63, 3.8) is 0 Å². The van der Waals surface area contributed by atoms with Crippen LogP contribution in [0.5, 0.6) is 0 Å². The van der Waals surface area contributed by atoms with Crippen molar-refractivity contribution >= 4 is 0 Å². The van der Waals surface area contributed by atoms with Gasteiger partial charge in [-0.05, 0) is 19.4 Å². The average Bonchev–Trinajstić information content (AvgIpc) is 2.61. The Morgan fingerprint density at radius 2 is 1.93 bits per heavy atom. The fourth-order valence-electron chi connectivity index (χ4n) is 1.55. The summed E-state index contributed by atoms with van der Waals surface area (Å²) in [6.45, 7) is 4.66. The highest BCUT2D eigenvalue weighted by atomic mass is 16.1. The second kappa shape index (κ2) is 3.77. The Bertz CT molecular complexity index is 505. The van der Waals surface area contributed by atoms with Crippen molar-refractivity contribution < 1.29 is 0 Å². The van der Waals surface area contributed by atoms with E-state index in [0.29, 0.717) is 6.54 Å². The van der Waals surface area contributed by atoms with E-state index in [1.807, 2.05) is 38.1 Å². The molecule has 1 N–H and O–H groups in total. The first-order valence-electron chi connectivity index (χ1n) is 5.07. The summed E-state index contributed by atoms with van der Waals surface area (Å²) in [5.74, 6) is 0.